The number of anilines is 1. The summed E-state index contributed by atoms with van der Waals surface area (Å²) in [6.07, 6.45) is 0. The van der Waals surface area contributed by atoms with Crippen LogP contribution in [0, 0.1) is 18.8 Å². The van der Waals surface area contributed by atoms with E-state index in [2.05, 4.69) is 49.1 Å². The van der Waals surface area contributed by atoms with E-state index in [1.807, 2.05) is 0 Å². The molecule has 1 aromatic carbocycles. The number of benzene rings is 1. The van der Waals surface area contributed by atoms with Gasteiger partial charge >= 0.3 is 0 Å². The average Bonchev–Trinajstić information content (AvgIpc) is 2.49. The van der Waals surface area contributed by atoms with Crippen molar-refractivity contribution in [2.24, 2.45) is 11.8 Å². The standard InChI is InChI=1S/C12H16N.Co/c1-10-8-13(9-11(10)2)12-6-4-3-5-7-12;/h3-7,10-11H,1,8-9H2,2H3;/q-1;. The molecule has 79 valence electrons. The summed E-state index contributed by atoms with van der Waals surface area (Å²) >= 11 is 0. The van der Waals surface area contributed by atoms with E-state index in [0.29, 0.717) is 5.92 Å². The number of nitrogens with zero attached hydrogens (tertiary/aromatic N) is 1. The van der Waals surface area contributed by atoms with Gasteiger partial charge in [0.15, 0.2) is 0 Å². The van der Waals surface area contributed by atoms with E-state index in [4.69, 9.17) is 0 Å². The van der Waals surface area contributed by atoms with Crippen molar-refractivity contribution in [2.45, 2.75) is 6.92 Å². The Morgan fingerprint density at radius 3 is 2.36 bits per heavy atom. The average molecular weight is 233 g/mol. The molecule has 1 nitrogen and oxygen atoms in total. The first-order chi connectivity index (χ1) is 6.27. The first-order valence-corrected chi connectivity index (χ1v) is 4.90. The van der Waals surface area contributed by atoms with Gasteiger partial charge in [-0.1, -0.05) is 25.1 Å². The molecule has 14 heavy (non-hydrogen) atoms. The maximum absolute atomic E-state index is 4.15. The van der Waals surface area contributed by atoms with E-state index in [1.165, 1.54) is 5.69 Å². The summed E-state index contributed by atoms with van der Waals surface area (Å²) in [5.41, 5.74) is 1.33. The molecular formula is C12H16CoN-. The summed E-state index contributed by atoms with van der Waals surface area (Å²) in [6.45, 7) is 8.68. The fraction of sp³-hybridized carbons (Fsp3) is 0.417. The number of para-hydroxylation sites is 1. The van der Waals surface area contributed by atoms with Gasteiger partial charge in [-0.05, 0) is 24.6 Å². The molecule has 0 amide bonds. The monoisotopic (exact) mass is 233 g/mol. The van der Waals surface area contributed by atoms with Crippen LogP contribution in [0.2, 0.25) is 0 Å². The molecule has 0 bridgehead atoms. The molecule has 0 aliphatic carbocycles. The Hall–Kier alpha value is -0.474. The van der Waals surface area contributed by atoms with Crippen molar-refractivity contribution in [2.75, 3.05) is 18.0 Å². The van der Waals surface area contributed by atoms with E-state index in [-0.39, 0.29) is 16.8 Å². The number of hydrogen-bond donors (Lipinski definition) is 0. The molecule has 0 spiro atoms. The van der Waals surface area contributed by atoms with Gasteiger partial charge in [-0.3, -0.25) is 0 Å². The second-order valence-corrected chi connectivity index (χ2v) is 3.98. The van der Waals surface area contributed by atoms with Crippen molar-refractivity contribution in [3.63, 3.8) is 0 Å². The third-order valence-corrected chi connectivity index (χ3v) is 2.89. The molecule has 2 atom stereocenters. The molecule has 1 radical (unpaired) electrons. The van der Waals surface area contributed by atoms with Crippen molar-refractivity contribution in [1.29, 1.82) is 0 Å². The van der Waals surface area contributed by atoms with Gasteiger partial charge in [0, 0.05) is 29.0 Å². The number of rotatable bonds is 1. The van der Waals surface area contributed by atoms with Gasteiger partial charge in [0.1, 0.15) is 0 Å². The molecular weight excluding hydrogens is 217 g/mol. The maximum atomic E-state index is 4.15. The third kappa shape index (κ3) is 2.31. The van der Waals surface area contributed by atoms with Gasteiger partial charge in [0.25, 0.3) is 0 Å². The zero-order valence-corrected chi connectivity index (χ0v) is 9.48. The van der Waals surface area contributed by atoms with Crippen molar-refractivity contribution < 1.29 is 16.8 Å². The zero-order chi connectivity index (χ0) is 9.26. The molecule has 0 saturated carbocycles. The van der Waals surface area contributed by atoms with Crippen molar-refractivity contribution in [3.05, 3.63) is 37.3 Å². The Balaban J connectivity index is 0.000000980. The van der Waals surface area contributed by atoms with Crippen LogP contribution in [-0.2, 0) is 16.8 Å². The van der Waals surface area contributed by atoms with Crippen LogP contribution in [-0.4, -0.2) is 13.1 Å². The first kappa shape index (κ1) is 11.6. The van der Waals surface area contributed by atoms with Gasteiger partial charge in [-0.2, -0.15) is 0 Å². The molecule has 1 aliphatic heterocycles. The molecule has 2 rings (SSSR count). The van der Waals surface area contributed by atoms with Gasteiger partial charge in [-0.15, -0.1) is 5.92 Å². The predicted octanol–water partition coefficient (Wildman–Crippen LogP) is 2.59. The molecule has 1 aromatic rings. The third-order valence-electron chi connectivity index (χ3n) is 2.89. The Morgan fingerprint density at radius 1 is 1.21 bits per heavy atom. The van der Waals surface area contributed by atoms with Crippen LogP contribution in [0.25, 0.3) is 0 Å². The predicted molar refractivity (Wildman–Crippen MR) is 56.7 cm³/mol. The molecule has 1 heterocycles. The van der Waals surface area contributed by atoms with E-state index in [1.54, 1.807) is 0 Å². The maximum Gasteiger partial charge on any atom is 0.0365 e. The second kappa shape index (κ2) is 4.85. The summed E-state index contributed by atoms with van der Waals surface area (Å²) in [4.78, 5) is 2.42. The van der Waals surface area contributed by atoms with E-state index in [9.17, 15) is 0 Å². The topological polar surface area (TPSA) is 3.24 Å². The Morgan fingerprint density at radius 2 is 1.86 bits per heavy atom. The van der Waals surface area contributed by atoms with Crippen molar-refractivity contribution >= 4 is 5.69 Å². The summed E-state index contributed by atoms with van der Waals surface area (Å²) in [7, 11) is 0. The van der Waals surface area contributed by atoms with Gasteiger partial charge in [0.2, 0.25) is 0 Å². The molecule has 1 aliphatic rings. The fourth-order valence-electron chi connectivity index (χ4n) is 1.88. The molecule has 2 heteroatoms. The molecule has 2 unspecified atom stereocenters. The Kier molecular flexibility index (Phi) is 4.02. The van der Waals surface area contributed by atoms with E-state index >= 15 is 0 Å². The summed E-state index contributed by atoms with van der Waals surface area (Å²) < 4.78 is 0. The minimum Gasteiger partial charge on any atom is -0.374 e. The van der Waals surface area contributed by atoms with Crippen LogP contribution in [0.3, 0.4) is 0 Å². The van der Waals surface area contributed by atoms with Crippen LogP contribution in [0.1, 0.15) is 6.92 Å². The van der Waals surface area contributed by atoms with Crippen molar-refractivity contribution in [1.82, 2.24) is 0 Å². The molecule has 0 aromatic heterocycles. The Bertz CT molecular complexity index is 263. The van der Waals surface area contributed by atoms with Crippen LogP contribution < -0.4 is 4.90 Å². The smallest absolute Gasteiger partial charge is 0.0365 e. The van der Waals surface area contributed by atoms with Gasteiger partial charge in [0.05, 0.1) is 0 Å². The summed E-state index contributed by atoms with van der Waals surface area (Å²) in [5, 5.41) is 0. The fourth-order valence-corrected chi connectivity index (χ4v) is 1.88. The van der Waals surface area contributed by atoms with Crippen LogP contribution in [0.15, 0.2) is 30.3 Å². The largest absolute Gasteiger partial charge is 0.374 e. The summed E-state index contributed by atoms with van der Waals surface area (Å²) in [6, 6.07) is 10.6. The van der Waals surface area contributed by atoms with Crippen LogP contribution >= 0.6 is 0 Å². The summed E-state index contributed by atoms with van der Waals surface area (Å²) in [5.74, 6) is 1.31. The van der Waals surface area contributed by atoms with E-state index in [0.717, 1.165) is 19.0 Å². The first-order valence-electron chi connectivity index (χ1n) is 4.90. The molecule has 1 fully saturated rings. The zero-order valence-electron chi connectivity index (χ0n) is 8.44. The van der Waals surface area contributed by atoms with Gasteiger partial charge in [-0.25, -0.2) is 0 Å². The van der Waals surface area contributed by atoms with Crippen molar-refractivity contribution in [3.8, 4) is 0 Å². The minimum absolute atomic E-state index is 0. The van der Waals surface area contributed by atoms with Crippen LogP contribution in [0.5, 0.6) is 0 Å². The van der Waals surface area contributed by atoms with Crippen LogP contribution in [0.4, 0.5) is 5.69 Å². The molecule has 1 saturated heterocycles. The Labute approximate surface area is 96.7 Å². The normalized spacial score (nSPS) is 26.0. The SMILES string of the molecule is [CH2-]C1CN(c2ccccc2)CC1C.[Co]. The quantitative estimate of drug-likeness (QED) is 0.674. The minimum atomic E-state index is 0. The molecule has 0 N–H and O–H groups in total. The van der Waals surface area contributed by atoms with E-state index < -0.39 is 0 Å². The second-order valence-electron chi connectivity index (χ2n) is 3.98. The number of hydrogen-bond acceptors (Lipinski definition) is 1. The van der Waals surface area contributed by atoms with Gasteiger partial charge < -0.3 is 11.8 Å².